The molecule has 2 aromatic carbocycles. The highest BCUT2D eigenvalue weighted by molar-refractivity contribution is 5.49. The number of benzene rings is 2. The van der Waals surface area contributed by atoms with Crippen LogP contribution in [0.5, 0.6) is 11.5 Å². The number of piperazine rings is 1. The summed E-state index contributed by atoms with van der Waals surface area (Å²) < 4.78 is 16.7. The van der Waals surface area contributed by atoms with Gasteiger partial charge in [0.05, 0.1) is 26.9 Å². The summed E-state index contributed by atoms with van der Waals surface area (Å²) in [6.07, 6.45) is 0.865. The first-order chi connectivity index (χ1) is 12.8. The van der Waals surface area contributed by atoms with Gasteiger partial charge in [-0.25, -0.2) is 0 Å². The fourth-order valence-electron chi connectivity index (χ4n) is 2.98. The zero-order valence-corrected chi connectivity index (χ0v) is 15.4. The average molecular weight is 356 g/mol. The zero-order chi connectivity index (χ0) is 18.0. The molecule has 140 valence electrons. The molecule has 2 aromatic rings. The smallest absolute Gasteiger partial charge is 0.119 e. The SMILES string of the molecule is COc1cccc(COCCCOc2ccc(N3CCNCC3)cc2)c1. The van der Waals surface area contributed by atoms with Crippen LogP contribution in [0, 0.1) is 0 Å². The summed E-state index contributed by atoms with van der Waals surface area (Å²) in [4.78, 5) is 2.40. The van der Waals surface area contributed by atoms with Gasteiger partial charge in [0.1, 0.15) is 11.5 Å². The fraction of sp³-hybridized carbons (Fsp3) is 0.429. The highest BCUT2D eigenvalue weighted by atomic mass is 16.5. The maximum atomic E-state index is 5.81. The number of methoxy groups -OCH3 is 1. The maximum absolute atomic E-state index is 5.81. The van der Waals surface area contributed by atoms with Crippen LogP contribution in [0.1, 0.15) is 12.0 Å². The molecule has 0 radical (unpaired) electrons. The van der Waals surface area contributed by atoms with Crippen molar-refractivity contribution in [2.75, 3.05) is 51.4 Å². The van der Waals surface area contributed by atoms with Gasteiger partial charge in [0.2, 0.25) is 0 Å². The summed E-state index contributed by atoms with van der Waals surface area (Å²) in [6.45, 7) is 6.15. The number of nitrogens with one attached hydrogen (secondary N) is 1. The van der Waals surface area contributed by atoms with Crippen LogP contribution in [-0.4, -0.2) is 46.5 Å². The predicted molar refractivity (Wildman–Crippen MR) is 104 cm³/mol. The van der Waals surface area contributed by atoms with Gasteiger partial charge in [-0.05, 0) is 42.0 Å². The number of nitrogens with zero attached hydrogens (tertiary/aromatic N) is 1. The summed E-state index contributed by atoms with van der Waals surface area (Å²) in [5.74, 6) is 1.77. The Morgan fingerprint density at radius 1 is 0.962 bits per heavy atom. The Kier molecular flexibility index (Phi) is 7.16. The first-order valence-corrected chi connectivity index (χ1v) is 9.24. The molecule has 1 N–H and O–H groups in total. The topological polar surface area (TPSA) is 43.0 Å². The van der Waals surface area contributed by atoms with Crippen molar-refractivity contribution in [3.05, 3.63) is 54.1 Å². The first kappa shape index (κ1) is 18.5. The third-order valence-corrected chi connectivity index (χ3v) is 4.42. The van der Waals surface area contributed by atoms with Crippen molar-refractivity contribution in [3.63, 3.8) is 0 Å². The van der Waals surface area contributed by atoms with Crippen LogP contribution in [0.2, 0.25) is 0 Å². The van der Waals surface area contributed by atoms with Crippen molar-refractivity contribution in [2.24, 2.45) is 0 Å². The first-order valence-electron chi connectivity index (χ1n) is 9.24. The van der Waals surface area contributed by atoms with Crippen LogP contribution in [0.15, 0.2) is 48.5 Å². The molecule has 1 aliphatic rings. The molecule has 5 heteroatoms. The van der Waals surface area contributed by atoms with E-state index in [1.165, 1.54) is 5.69 Å². The van der Waals surface area contributed by atoms with E-state index in [1.807, 2.05) is 24.3 Å². The summed E-state index contributed by atoms with van der Waals surface area (Å²) in [5.41, 5.74) is 2.38. The van der Waals surface area contributed by atoms with Gasteiger partial charge in [0.15, 0.2) is 0 Å². The molecule has 0 aliphatic carbocycles. The average Bonchev–Trinajstić information content (AvgIpc) is 2.72. The molecule has 26 heavy (non-hydrogen) atoms. The Balaban J connectivity index is 1.32. The van der Waals surface area contributed by atoms with E-state index < -0.39 is 0 Å². The van der Waals surface area contributed by atoms with Crippen LogP contribution < -0.4 is 19.7 Å². The third kappa shape index (κ3) is 5.64. The monoisotopic (exact) mass is 356 g/mol. The largest absolute Gasteiger partial charge is 0.497 e. The van der Waals surface area contributed by atoms with E-state index >= 15 is 0 Å². The highest BCUT2D eigenvalue weighted by Crippen LogP contribution is 2.20. The van der Waals surface area contributed by atoms with Crippen LogP contribution in [-0.2, 0) is 11.3 Å². The number of anilines is 1. The summed E-state index contributed by atoms with van der Waals surface area (Å²) in [6, 6.07) is 16.3. The Morgan fingerprint density at radius 2 is 1.77 bits per heavy atom. The van der Waals surface area contributed by atoms with Crippen molar-refractivity contribution >= 4 is 5.69 Å². The second kappa shape index (κ2) is 10.0. The number of rotatable bonds is 9. The molecule has 1 fully saturated rings. The number of hydrogen-bond acceptors (Lipinski definition) is 5. The minimum absolute atomic E-state index is 0.594. The molecule has 5 nitrogen and oxygen atoms in total. The lowest BCUT2D eigenvalue weighted by atomic mass is 10.2. The van der Waals surface area contributed by atoms with Crippen molar-refractivity contribution in [3.8, 4) is 11.5 Å². The maximum Gasteiger partial charge on any atom is 0.119 e. The van der Waals surface area contributed by atoms with E-state index in [9.17, 15) is 0 Å². The number of hydrogen-bond donors (Lipinski definition) is 1. The van der Waals surface area contributed by atoms with E-state index in [-0.39, 0.29) is 0 Å². The van der Waals surface area contributed by atoms with Gasteiger partial charge in [0, 0.05) is 38.3 Å². The molecular formula is C21H28N2O3. The Morgan fingerprint density at radius 3 is 2.54 bits per heavy atom. The lowest BCUT2D eigenvalue weighted by Crippen LogP contribution is -2.43. The standard InChI is InChI=1S/C21H28N2O3/c1-24-21-5-2-4-18(16-21)17-25-14-3-15-26-20-8-6-19(7-9-20)23-12-10-22-11-13-23/h2,4-9,16,22H,3,10-15,17H2,1H3. The van der Waals surface area contributed by atoms with Crippen LogP contribution >= 0.6 is 0 Å². The molecule has 0 aromatic heterocycles. The molecule has 0 spiro atoms. The second-order valence-corrected chi connectivity index (χ2v) is 6.34. The van der Waals surface area contributed by atoms with Gasteiger partial charge >= 0.3 is 0 Å². The third-order valence-electron chi connectivity index (χ3n) is 4.42. The minimum atomic E-state index is 0.594. The molecule has 0 amide bonds. The van der Waals surface area contributed by atoms with Crippen LogP contribution in [0.3, 0.4) is 0 Å². The lowest BCUT2D eigenvalue weighted by Gasteiger charge is -2.29. The molecule has 0 saturated carbocycles. The Hall–Kier alpha value is -2.24. The van der Waals surface area contributed by atoms with E-state index in [2.05, 4.69) is 34.5 Å². The highest BCUT2D eigenvalue weighted by Gasteiger charge is 2.09. The Labute approximate surface area is 155 Å². The quantitative estimate of drug-likeness (QED) is 0.700. The normalized spacial score (nSPS) is 14.3. The molecule has 1 aliphatic heterocycles. The van der Waals surface area contributed by atoms with Gasteiger partial charge in [-0.15, -0.1) is 0 Å². The molecule has 1 saturated heterocycles. The van der Waals surface area contributed by atoms with Gasteiger partial charge in [0.25, 0.3) is 0 Å². The van der Waals surface area contributed by atoms with Gasteiger partial charge in [-0.2, -0.15) is 0 Å². The van der Waals surface area contributed by atoms with Crippen LogP contribution in [0.25, 0.3) is 0 Å². The van der Waals surface area contributed by atoms with Crippen LogP contribution in [0.4, 0.5) is 5.69 Å². The lowest BCUT2D eigenvalue weighted by molar-refractivity contribution is 0.107. The van der Waals surface area contributed by atoms with E-state index in [0.29, 0.717) is 19.8 Å². The summed E-state index contributed by atoms with van der Waals surface area (Å²) in [5, 5.41) is 3.37. The molecule has 0 bridgehead atoms. The van der Waals surface area contributed by atoms with Gasteiger partial charge in [-0.1, -0.05) is 12.1 Å². The molecular weight excluding hydrogens is 328 g/mol. The second-order valence-electron chi connectivity index (χ2n) is 6.34. The van der Waals surface area contributed by atoms with Gasteiger partial charge in [-0.3, -0.25) is 0 Å². The minimum Gasteiger partial charge on any atom is -0.497 e. The summed E-state index contributed by atoms with van der Waals surface area (Å²) >= 11 is 0. The fourth-order valence-corrected chi connectivity index (χ4v) is 2.98. The van der Waals surface area contributed by atoms with Crippen molar-refractivity contribution < 1.29 is 14.2 Å². The van der Waals surface area contributed by atoms with Gasteiger partial charge < -0.3 is 24.4 Å². The predicted octanol–water partition coefficient (Wildman–Crippen LogP) is 3.09. The number of ether oxygens (including phenoxy) is 3. The van der Waals surface area contributed by atoms with Crippen molar-refractivity contribution in [2.45, 2.75) is 13.0 Å². The molecule has 0 unspecified atom stereocenters. The van der Waals surface area contributed by atoms with Crippen molar-refractivity contribution in [1.82, 2.24) is 5.32 Å². The van der Waals surface area contributed by atoms with E-state index in [0.717, 1.165) is 49.7 Å². The van der Waals surface area contributed by atoms with E-state index in [1.54, 1.807) is 7.11 Å². The summed E-state index contributed by atoms with van der Waals surface area (Å²) in [7, 11) is 1.67. The zero-order valence-electron chi connectivity index (χ0n) is 15.4. The molecule has 3 rings (SSSR count). The Bertz CT molecular complexity index is 655. The molecule has 0 atom stereocenters. The molecule has 1 heterocycles. The van der Waals surface area contributed by atoms with E-state index in [4.69, 9.17) is 14.2 Å². The van der Waals surface area contributed by atoms with Crippen molar-refractivity contribution in [1.29, 1.82) is 0 Å².